The van der Waals surface area contributed by atoms with Crippen LogP contribution >= 0.6 is 7.92 Å². The van der Waals surface area contributed by atoms with Crippen molar-refractivity contribution in [1.82, 2.24) is 24.3 Å². The summed E-state index contributed by atoms with van der Waals surface area (Å²) in [7, 11) is -0.357. The molecule has 2 aromatic heterocycles. The van der Waals surface area contributed by atoms with Crippen molar-refractivity contribution in [3.8, 4) is 34.9 Å². The summed E-state index contributed by atoms with van der Waals surface area (Å²) in [6.07, 6.45) is 8.34. The van der Waals surface area contributed by atoms with Gasteiger partial charge < -0.3 is 4.57 Å². The lowest BCUT2D eigenvalue weighted by atomic mass is 9.93. The number of hydrogen-bond donors (Lipinski definition) is 0. The van der Waals surface area contributed by atoms with Crippen LogP contribution in [-0.4, -0.2) is 37.6 Å². The van der Waals surface area contributed by atoms with Crippen molar-refractivity contribution in [3.05, 3.63) is 83.7 Å². The summed E-state index contributed by atoms with van der Waals surface area (Å²) in [4.78, 5) is 9.58. The van der Waals surface area contributed by atoms with Gasteiger partial charge in [0, 0.05) is 28.7 Å². The van der Waals surface area contributed by atoms with Crippen LogP contribution in [0.5, 0.6) is 0 Å². The molecule has 0 N–H and O–H groups in total. The Labute approximate surface area is 203 Å². The van der Waals surface area contributed by atoms with Crippen LogP contribution in [-0.2, 0) is 0 Å². The van der Waals surface area contributed by atoms with E-state index in [0.717, 1.165) is 56.7 Å². The van der Waals surface area contributed by atoms with Gasteiger partial charge in [-0.25, -0.2) is 19.0 Å². The number of aromatic nitrogens is 5. The molecule has 2 atom stereocenters. The third-order valence-electron chi connectivity index (χ3n) is 7.26. The third-order valence-corrected chi connectivity index (χ3v) is 8.57. The van der Waals surface area contributed by atoms with E-state index in [2.05, 4.69) is 46.0 Å². The molecule has 2 bridgehead atoms. The summed E-state index contributed by atoms with van der Waals surface area (Å²) in [5.74, 6) is 4.44. The lowest BCUT2D eigenvalue weighted by Gasteiger charge is -2.20. The van der Waals surface area contributed by atoms with E-state index >= 15 is 4.39 Å². The quantitative estimate of drug-likeness (QED) is 0.255. The van der Waals surface area contributed by atoms with Crippen molar-refractivity contribution in [2.75, 3.05) is 13.3 Å². The van der Waals surface area contributed by atoms with Gasteiger partial charge in [-0.3, -0.25) is 0 Å². The zero-order valence-corrected chi connectivity index (χ0v) is 20.2. The summed E-state index contributed by atoms with van der Waals surface area (Å²) >= 11 is 0. The fraction of sp³-hybridized carbons (Fsp3) is 0.179. The van der Waals surface area contributed by atoms with Gasteiger partial charge in [0.2, 0.25) is 0 Å². The first kappa shape index (κ1) is 20.6. The molecule has 0 spiro atoms. The van der Waals surface area contributed by atoms with Crippen LogP contribution in [0.3, 0.4) is 0 Å². The topological polar surface area (TPSA) is 48.5 Å². The van der Waals surface area contributed by atoms with Crippen molar-refractivity contribution in [2.24, 2.45) is 0 Å². The van der Waals surface area contributed by atoms with Crippen LogP contribution in [0.4, 0.5) is 4.39 Å². The van der Waals surface area contributed by atoms with Gasteiger partial charge in [-0.15, -0.1) is 6.42 Å². The maximum atomic E-state index is 15.1. The van der Waals surface area contributed by atoms with Crippen LogP contribution in [0, 0.1) is 18.2 Å². The summed E-state index contributed by atoms with van der Waals surface area (Å²) in [5, 5.41) is 5.63. The highest BCUT2D eigenvalue weighted by Crippen LogP contribution is 2.50. The van der Waals surface area contributed by atoms with E-state index in [9.17, 15) is 0 Å². The second-order valence-corrected chi connectivity index (χ2v) is 11.6. The number of hydrogen-bond acceptors (Lipinski definition) is 3. The van der Waals surface area contributed by atoms with Crippen molar-refractivity contribution in [3.63, 3.8) is 0 Å². The number of terminal acetylenes is 1. The van der Waals surface area contributed by atoms with E-state index in [1.54, 1.807) is 12.4 Å². The van der Waals surface area contributed by atoms with E-state index in [-0.39, 0.29) is 25.8 Å². The highest BCUT2D eigenvalue weighted by Gasteiger charge is 2.42. The second kappa shape index (κ2) is 7.34. The van der Waals surface area contributed by atoms with Crippen LogP contribution in [0.15, 0.2) is 60.9 Å². The van der Waals surface area contributed by atoms with Gasteiger partial charge in [-0.05, 0) is 48.5 Å². The number of benzene rings is 3. The van der Waals surface area contributed by atoms with Gasteiger partial charge in [0.25, 0.3) is 0 Å². The fourth-order valence-corrected chi connectivity index (χ4v) is 6.40. The zero-order chi connectivity index (χ0) is 23.8. The van der Waals surface area contributed by atoms with Crippen molar-refractivity contribution >= 4 is 24.3 Å². The van der Waals surface area contributed by atoms with E-state index in [1.807, 2.05) is 41.1 Å². The van der Waals surface area contributed by atoms with E-state index in [0.29, 0.717) is 5.56 Å². The Morgan fingerprint density at radius 1 is 1.06 bits per heavy atom. The lowest BCUT2D eigenvalue weighted by molar-refractivity contribution is 0.504. The van der Waals surface area contributed by atoms with Crippen molar-refractivity contribution in [1.29, 1.82) is 0 Å². The van der Waals surface area contributed by atoms with Gasteiger partial charge in [-0.1, -0.05) is 44.2 Å². The minimum Gasteiger partial charge on any atom is -0.318 e. The van der Waals surface area contributed by atoms with E-state index in [4.69, 9.17) is 11.4 Å². The first-order chi connectivity index (χ1) is 17.0. The number of nitrogens with zero attached hydrogens (tertiary/aromatic N) is 5. The molecular formula is C28H21FN5P. The molecular weight excluding hydrogens is 456 g/mol. The lowest BCUT2D eigenvalue weighted by Crippen LogP contribution is -2.13. The molecule has 4 heterocycles. The van der Waals surface area contributed by atoms with Crippen LogP contribution in [0.25, 0.3) is 33.5 Å². The monoisotopic (exact) mass is 477 g/mol. The SMILES string of the molecule is C#Cc1cccc2c1C1CC(c3nc4ccc(-c5ccc(P(C)C)cc5F)cc4n31)n1ncnc1-2. The maximum Gasteiger partial charge on any atom is 0.159 e. The molecule has 2 unspecified atom stereocenters. The second-order valence-electron chi connectivity index (χ2n) is 9.31. The molecule has 0 fully saturated rings. The molecule has 170 valence electrons. The maximum absolute atomic E-state index is 15.1. The number of rotatable bonds is 2. The van der Waals surface area contributed by atoms with Crippen LogP contribution in [0.1, 0.15) is 35.5 Å². The molecule has 0 aliphatic carbocycles. The molecule has 2 aliphatic heterocycles. The molecule has 35 heavy (non-hydrogen) atoms. The molecule has 7 heteroatoms. The van der Waals surface area contributed by atoms with Gasteiger partial charge >= 0.3 is 0 Å². The molecule has 0 radical (unpaired) electrons. The predicted octanol–water partition coefficient (Wildman–Crippen LogP) is 5.34. The largest absolute Gasteiger partial charge is 0.318 e. The highest BCUT2D eigenvalue weighted by molar-refractivity contribution is 7.64. The standard InChI is InChI=1S/C28H21FN5P/c1-4-16-6-5-7-20-26(16)24-14-25(34-27(20)30-15-31-34)28-32-22-11-8-17(12-23(22)33(24)28)19-10-9-18(35(2)3)13-21(19)29/h1,5-13,15,24-25H,14H2,2-3H3. The molecule has 5 aromatic rings. The Morgan fingerprint density at radius 3 is 2.74 bits per heavy atom. The Bertz CT molecular complexity index is 1710. The minimum absolute atomic E-state index is 0.00281. The molecule has 2 aliphatic rings. The van der Waals surface area contributed by atoms with Gasteiger partial charge in [0.1, 0.15) is 24.0 Å². The van der Waals surface area contributed by atoms with Gasteiger partial charge in [0.05, 0.1) is 17.1 Å². The van der Waals surface area contributed by atoms with Gasteiger partial charge in [-0.2, -0.15) is 5.10 Å². The average molecular weight is 477 g/mol. The summed E-state index contributed by atoms with van der Waals surface area (Å²) in [6, 6.07) is 17.6. The summed E-state index contributed by atoms with van der Waals surface area (Å²) < 4.78 is 19.4. The normalized spacial score (nSPS) is 17.7. The van der Waals surface area contributed by atoms with Gasteiger partial charge in [0.15, 0.2) is 5.82 Å². The number of fused-ring (bicyclic) bond motifs is 6. The Balaban J connectivity index is 1.47. The molecule has 0 amide bonds. The van der Waals surface area contributed by atoms with Crippen molar-refractivity contribution < 1.29 is 4.39 Å². The fourth-order valence-electron chi connectivity index (χ4n) is 5.65. The van der Waals surface area contributed by atoms with E-state index in [1.165, 1.54) is 0 Å². The Hall–Kier alpha value is -3.81. The molecule has 7 rings (SSSR count). The molecule has 0 saturated carbocycles. The van der Waals surface area contributed by atoms with Crippen molar-refractivity contribution in [2.45, 2.75) is 18.5 Å². The Kier molecular flexibility index (Phi) is 4.31. The summed E-state index contributed by atoms with van der Waals surface area (Å²) in [6.45, 7) is 4.27. The molecule has 0 saturated heterocycles. The number of halogens is 1. The molecule has 3 aromatic carbocycles. The minimum atomic E-state index is -0.357. The highest BCUT2D eigenvalue weighted by atomic mass is 31.1. The first-order valence-corrected chi connectivity index (χ1v) is 13.8. The zero-order valence-electron chi connectivity index (χ0n) is 19.3. The predicted molar refractivity (Wildman–Crippen MR) is 138 cm³/mol. The van der Waals surface area contributed by atoms with Crippen LogP contribution in [0.2, 0.25) is 0 Å². The smallest absolute Gasteiger partial charge is 0.159 e. The van der Waals surface area contributed by atoms with Crippen LogP contribution < -0.4 is 5.30 Å². The summed E-state index contributed by atoms with van der Waals surface area (Å²) in [5.41, 5.74) is 6.23. The number of imidazole rings is 1. The molecule has 5 nitrogen and oxygen atoms in total. The van der Waals surface area contributed by atoms with E-state index < -0.39 is 0 Å². The first-order valence-electron chi connectivity index (χ1n) is 11.5. The average Bonchev–Trinajstić information content (AvgIpc) is 3.55. The Morgan fingerprint density at radius 2 is 1.94 bits per heavy atom. The third kappa shape index (κ3) is 2.82.